The molecule has 118 valence electrons. The van der Waals surface area contributed by atoms with Crippen LogP contribution in [0.25, 0.3) is 0 Å². The Morgan fingerprint density at radius 1 is 1.04 bits per heavy atom. The summed E-state index contributed by atoms with van der Waals surface area (Å²) in [5, 5.41) is 11.9. The Hall–Kier alpha value is -2.62. The molecule has 4 heteroatoms. The predicted molar refractivity (Wildman–Crippen MR) is 87.5 cm³/mol. The zero-order chi connectivity index (χ0) is 16.2. The Morgan fingerprint density at radius 2 is 1.74 bits per heavy atom. The van der Waals surface area contributed by atoms with Gasteiger partial charge in [-0.25, -0.2) is 4.79 Å². The standard InChI is InChI=1S/C19H19NO3/c21-18(11-8-13-6-9-15(10-7-13)19(22)23)20-17-12-16(17)14-4-2-1-3-5-14/h1-7,9-10,16-17H,8,11-12H2,(H,20,21)(H,22,23). The fraction of sp³-hybridized carbons (Fsp3) is 0.263. The highest BCUT2D eigenvalue weighted by Gasteiger charge is 2.39. The molecular weight excluding hydrogens is 290 g/mol. The van der Waals surface area contributed by atoms with Gasteiger partial charge in [0.2, 0.25) is 5.91 Å². The van der Waals surface area contributed by atoms with Crippen molar-refractivity contribution in [2.45, 2.75) is 31.2 Å². The molecule has 0 saturated heterocycles. The van der Waals surface area contributed by atoms with Gasteiger partial charge in [0.05, 0.1) is 5.56 Å². The zero-order valence-corrected chi connectivity index (χ0v) is 12.7. The van der Waals surface area contributed by atoms with Gasteiger partial charge in [0.1, 0.15) is 0 Å². The van der Waals surface area contributed by atoms with Crippen molar-refractivity contribution in [3.8, 4) is 0 Å². The van der Waals surface area contributed by atoms with E-state index >= 15 is 0 Å². The lowest BCUT2D eigenvalue weighted by molar-refractivity contribution is -0.121. The summed E-state index contributed by atoms with van der Waals surface area (Å²) >= 11 is 0. The quantitative estimate of drug-likeness (QED) is 0.862. The molecule has 1 saturated carbocycles. The molecule has 1 aliphatic carbocycles. The number of benzene rings is 2. The van der Waals surface area contributed by atoms with Gasteiger partial charge in [0, 0.05) is 18.4 Å². The molecule has 1 amide bonds. The van der Waals surface area contributed by atoms with Gasteiger partial charge in [-0.2, -0.15) is 0 Å². The summed E-state index contributed by atoms with van der Waals surface area (Å²) in [7, 11) is 0. The zero-order valence-electron chi connectivity index (χ0n) is 12.7. The number of carbonyl (C=O) groups is 2. The molecule has 0 heterocycles. The number of nitrogens with one attached hydrogen (secondary N) is 1. The number of carboxylic acids is 1. The first kappa shape index (κ1) is 15.3. The minimum absolute atomic E-state index is 0.0516. The van der Waals surface area contributed by atoms with Gasteiger partial charge in [-0.3, -0.25) is 4.79 Å². The number of hydrogen-bond donors (Lipinski definition) is 2. The number of amides is 1. The highest BCUT2D eigenvalue weighted by atomic mass is 16.4. The van der Waals surface area contributed by atoms with Crippen LogP contribution in [0.1, 0.15) is 40.2 Å². The normalized spacial score (nSPS) is 19.1. The lowest BCUT2D eigenvalue weighted by Gasteiger charge is -2.05. The molecule has 1 fully saturated rings. The van der Waals surface area contributed by atoms with Crippen LogP contribution in [0.4, 0.5) is 0 Å². The molecule has 2 aromatic carbocycles. The van der Waals surface area contributed by atoms with Crippen LogP contribution in [0.3, 0.4) is 0 Å². The van der Waals surface area contributed by atoms with E-state index < -0.39 is 5.97 Å². The number of aromatic carboxylic acids is 1. The summed E-state index contributed by atoms with van der Waals surface area (Å²) in [4.78, 5) is 22.8. The third-order valence-electron chi connectivity index (χ3n) is 4.21. The Morgan fingerprint density at radius 3 is 2.39 bits per heavy atom. The van der Waals surface area contributed by atoms with Crippen molar-refractivity contribution < 1.29 is 14.7 Å². The summed E-state index contributed by atoms with van der Waals surface area (Å²) in [6.45, 7) is 0. The first-order chi connectivity index (χ1) is 11.1. The van der Waals surface area contributed by atoms with E-state index in [0.717, 1.165) is 12.0 Å². The molecule has 0 aliphatic heterocycles. The van der Waals surface area contributed by atoms with Crippen LogP contribution < -0.4 is 5.32 Å². The molecule has 0 radical (unpaired) electrons. The molecule has 1 aliphatic rings. The Labute approximate surface area is 135 Å². The number of aryl methyl sites for hydroxylation is 1. The van der Waals surface area contributed by atoms with Crippen molar-refractivity contribution in [2.24, 2.45) is 0 Å². The van der Waals surface area contributed by atoms with E-state index in [1.807, 2.05) is 18.2 Å². The largest absolute Gasteiger partial charge is 0.478 e. The molecule has 0 bridgehead atoms. The lowest BCUT2D eigenvalue weighted by Crippen LogP contribution is -2.26. The molecule has 2 atom stereocenters. The van der Waals surface area contributed by atoms with Crippen molar-refractivity contribution in [3.63, 3.8) is 0 Å². The number of carbonyl (C=O) groups excluding carboxylic acids is 1. The van der Waals surface area contributed by atoms with E-state index in [1.54, 1.807) is 24.3 Å². The highest BCUT2D eigenvalue weighted by Crippen LogP contribution is 2.40. The second-order valence-electron chi connectivity index (χ2n) is 5.93. The van der Waals surface area contributed by atoms with E-state index in [1.165, 1.54) is 5.56 Å². The minimum Gasteiger partial charge on any atom is -0.478 e. The SMILES string of the molecule is O=C(CCc1ccc(C(=O)O)cc1)NC1CC1c1ccccc1. The molecule has 2 aromatic rings. The van der Waals surface area contributed by atoms with Crippen molar-refractivity contribution in [2.75, 3.05) is 0 Å². The molecule has 0 aromatic heterocycles. The number of carboxylic acid groups (broad SMARTS) is 1. The summed E-state index contributed by atoms with van der Waals surface area (Å²) in [6, 6.07) is 17.2. The number of hydrogen-bond acceptors (Lipinski definition) is 2. The second-order valence-corrected chi connectivity index (χ2v) is 5.93. The van der Waals surface area contributed by atoms with Crippen LogP contribution in [0.2, 0.25) is 0 Å². The molecular formula is C19H19NO3. The van der Waals surface area contributed by atoms with E-state index in [4.69, 9.17) is 5.11 Å². The lowest BCUT2D eigenvalue weighted by atomic mass is 10.1. The highest BCUT2D eigenvalue weighted by molar-refractivity contribution is 5.87. The van der Waals surface area contributed by atoms with Crippen LogP contribution in [0.15, 0.2) is 54.6 Å². The van der Waals surface area contributed by atoms with Crippen molar-refractivity contribution >= 4 is 11.9 Å². The molecule has 4 nitrogen and oxygen atoms in total. The Kier molecular flexibility index (Phi) is 4.42. The molecule has 2 N–H and O–H groups in total. The van der Waals surface area contributed by atoms with Gasteiger partial charge in [-0.05, 0) is 36.1 Å². The van der Waals surface area contributed by atoms with E-state index in [2.05, 4.69) is 17.4 Å². The van der Waals surface area contributed by atoms with Crippen molar-refractivity contribution in [3.05, 3.63) is 71.3 Å². The maximum Gasteiger partial charge on any atom is 0.335 e. The maximum atomic E-state index is 12.0. The van der Waals surface area contributed by atoms with Crippen LogP contribution in [0.5, 0.6) is 0 Å². The summed E-state index contributed by atoms with van der Waals surface area (Å²) < 4.78 is 0. The van der Waals surface area contributed by atoms with Gasteiger partial charge in [0.25, 0.3) is 0 Å². The number of rotatable bonds is 6. The summed E-state index contributed by atoms with van der Waals surface area (Å²) in [6.07, 6.45) is 2.04. The van der Waals surface area contributed by atoms with E-state index in [-0.39, 0.29) is 17.5 Å². The molecule has 23 heavy (non-hydrogen) atoms. The predicted octanol–water partition coefficient (Wildman–Crippen LogP) is 2.99. The second kappa shape index (κ2) is 6.65. The fourth-order valence-corrected chi connectivity index (χ4v) is 2.77. The van der Waals surface area contributed by atoms with Gasteiger partial charge in [-0.1, -0.05) is 42.5 Å². The monoisotopic (exact) mass is 309 g/mol. The average molecular weight is 309 g/mol. The van der Waals surface area contributed by atoms with Gasteiger partial charge >= 0.3 is 5.97 Å². The molecule has 0 spiro atoms. The minimum atomic E-state index is -0.935. The first-order valence-electron chi connectivity index (χ1n) is 7.80. The fourth-order valence-electron chi connectivity index (χ4n) is 2.77. The van der Waals surface area contributed by atoms with Crippen LogP contribution >= 0.6 is 0 Å². The third kappa shape index (κ3) is 3.97. The summed E-state index contributed by atoms with van der Waals surface area (Å²) in [5.74, 6) is -0.444. The summed E-state index contributed by atoms with van der Waals surface area (Å²) in [5.41, 5.74) is 2.52. The van der Waals surface area contributed by atoms with Crippen LogP contribution in [0, 0.1) is 0 Å². The first-order valence-corrected chi connectivity index (χ1v) is 7.80. The van der Waals surface area contributed by atoms with E-state index in [0.29, 0.717) is 18.8 Å². The van der Waals surface area contributed by atoms with Crippen molar-refractivity contribution in [1.29, 1.82) is 0 Å². The smallest absolute Gasteiger partial charge is 0.335 e. The Balaban J connectivity index is 1.45. The molecule has 2 unspecified atom stereocenters. The van der Waals surface area contributed by atoms with Crippen molar-refractivity contribution in [1.82, 2.24) is 5.32 Å². The van der Waals surface area contributed by atoms with Crippen LogP contribution in [-0.4, -0.2) is 23.0 Å². The van der Waals surface area contributed by atoms with Crippen LogP contribution in [-0.2, 0) is 11.2 Å². The third-order valence-corrected chi connectivity index (χ3v) is 4.21. The van der Waals surface area contributed by atoms with Gasteiger partial charge in [0.15, 0.2) is 0 Å². The maximum absolute atomic E-state index is 12.0. The topological polar surface area (TPSA) is 66.4 Å². The van der Waals surface area contributed by atoms with E-state index in [9.17, 15) is 9.59 Å². The van der Waals surface area contributed by atoms with Gasteiger partial charge in [-0.15, -0.1) is 0 Å². The van der Waals surface area contributed by atoms with Gasteiger partial charge < -0.3 is 10.4 Å². The Bertz CT molecular complexity index is 694. The molecule has 3 rings (SSSR count). The average Bonchev–Trinajstić information content (AvgIpc) is 3.33.